The summed E-state index contributed by atoms with van der Waals surface area (Å²) < 4.78 is 5.46. The number of hydrogen-bond acceptors (Lipinski definition) is 4. The number of hydrazine groups is 1. The molecule has 8 heteroatoms. The average molecular weight is 388 g/mol. The van der Waals surface area contributed by atoms with E-state index < -0.39 is 5.91 Å². The van der Waals surface area contributed by atoms with Gasteiger partial charge in [0.2, 0.25) is 0 Å². The number of amides is 1. The van der Waals surface area contributed by atoms with E-state index >= 15 is 0 Å². The van der Waals surface area contributed by atoms with E-state index in [9.17, 15) is 4.79 Å². The largest absolute Gasteiger partial charge is 0.449 e. The molecule has 0 saturated carbocycles. The SMILES string of the molecule is O=C(NNSc1cccc(Cl)c1)c1cc2cc(Cl)cc(Cl)c2o1. The first kappa shape index (κ1) is 16.5. The molecule has 0 fully saturated rings. The smallest absolute Gasteiger partial charge is 0.301 e. The van der Waals surface area contributed by atoms with Crippen molar-refractivity contribution in [2.24, 2.45) is 0 Å². The molecule has 0 unspecified atom stereocenters. The first-order valence-corrected chi connectivity index (χ1v) is 8.34. The van der Waals surface area contributed by atoms with E-state index in [1.165, 1.54) is 11.9 Å². The molecular formula is C15H9Cl3N2O2S. The maximum absolute atomic E-state index is 12.1. The molecule has 1 amide bonds. The number of rotatable bonds is 4. The minimum atomic E-state index is -0.428. The van der Waals surface area contributed by atoms with Gasteiger partial charge in [0.1, 0.15) is 0 Å². The monoisotopic (exact) mass is 386 g/mol. The molecule has 2 aromatic carbocycles. The minimum absolute atomic E-state index is 0.128. The predicted octanol–water partition coefficient (Wildman–Crippen LogP) is 5.33. The van der Waals surface area contributed by atoms with Crippen LogP contribution in [0.5, 0.6) is 0 Å². The lowest BCUT2D eigenvalue weighted by molar-refractivity contribution is 0.0921. The van der Waals surface area contributed by atoms with Crippen LogP contribution in [0.1, 0.15) is 10.6 Å². The van der Waals surface area contributed by atoms with Gasteiger partial charge in [0.15, 0.2) is 11.3 Å². The second-order valence-electron chi connectivity index (χ2n) is 4.53. The van der Waals surface area contributed by atoms with Gasteiger partial charge in [-0.1, -0.05) is 40.9 Å². The number of fused-ring (bicyclic) bond motifs is 1. The summed E-state index contributed by atoms with van der Waals surface area (Å²) in [4.78, 5) is 15.7. The Morgan fingerprint density at radius 1 is 1.04 bits per heavy atom. The fourth-order valence-corrected chi connectivity index (χ4v) is 3.31. The summed E-state index contributed by atoms with van der Waals surface area (Å²) in [6, 6.07) is 12.0. The van der Waals surface area contributed by atoms with Gasteiger partial charge < -0.3 is 4.42 Å². The topological polar surface area (TPSA) is 54.3 Å². The van der Waals surface area contributed by atoms with Crippen molar-refractivity contribution in [2.75, 3.05) is 0 Å². The Morgan fingerprint density at radius 3 is 2.65 bits per heavy atom. The van der Waals surface area contributed by atoms with Crippen molar-refractivity contribution in [3.63, 3.8) is 0 Å². The van der Waals surface area contributed by atoms with E-state index in [0.29, 0.717) is 26.0 Å². The number of furan rings is 1. The molecule has 0 saturated heterocycles. The number of nitrogens with one attached hydrogen (secondary N) is 2. The number of hydrogen-bond donors (Lipinski definition) is 2. The maximum atomic E-state index is 12.1. The number of carbonyl (C=O) groups excluding carboxylic acids is 1. The fraction of sp³-hybridized carbons (Fsp3) is 0. The van der Waals surface area contributed by atoms with Crippen molar-refractivity contribution in [1.82, 2.24) is 10.3 Å². The molecule has 0 spiro atoms. The number of benzene rings is 2. The second kappa shape index (κ2) is 7.03. The van der Waals surface area contributed by atoms with Crippen LogP contribution in [0.3, 0.4) is 0 Å². The van der Waals surface area contributed by atoms with Crippen molar-refractivity contribution < 1.29 is 9.21 Å². The van der Waals surface area contributed by atoms with E-state index in [2.05, 4.69) is 10.3 Å². The predicted molar refractivity (Wildman–Crippen MR) is 94.1 cm³/mol. The van der Waals surface area contributed by atoms with Crippen LogP contribution in [0.25, 0.3) is 11.0 Å². The lowest BCUT2D eigenvalue weighted by Gasteiger charge is -2.04. The number of carbonyl (C=O) groups is 1. The molecule has 0 radical (unpaired) electrons. The molecule has 3 rings (SSSR count). The average Bonchev–Trinajstić information content (AvgIpc) is 2.91. The van der Waals surface area contributed by atoms with Crippen LogP contribution in [-0.2, 0) is 0 Å². The van der Waals surface area contributed by atoms with Crippen molar-refractivity contribution in [3.8, 4) is 0 Å². The summed E-state index contributed by atoms with van der Waals surface area (Å²) in [7, 11) is 0. The molecule has 4 nitrogen and oxygen atoms in total. The Labute approximate surface area is 151 Å². The summed E-state index contributed by atoms with van der Waals surface area (Å²) in [6.45, 7) is 0. The van der Waals surface area contributed by atoms with Crippen LogP contribution in [0.2, 0.25) is 15.1 Å². The molecule has 0 aliphatic rings. The summed E-state index contributed by atoms with van der Waals surface area (Å²) in [5, 5.41) is 2.11. The van der Waals surface area contributed by atoms with Gasteiger partial charge in [0.25, 0.3) is 0 Å². The zero-order valence-electron chi connectivity index (χ0n) is 11.4. The molecular weight excluding hydrogens is 379 g/mol. The Morgan fingerprint density at radius 2 is 1.87 bits per heavy atom. The van der Waals surface area contributed by atoms with E-state index in [0.717, 1.165) is 4.90 Å². The van der Waals surface area contributed by atoms with Gasteiger partial charge in [-0.05, 0) is 48.3 Å². The third-order valence-corrected chi connectivity index (χ3v) is 4.32. The van der Waals surface area contributed by atoms with Gasteiger partial charge in [-0.25, -0.2) is 0 Å². The lowest BCUT2D eigenvalue weighted by Crippen LogP contribution is -2.32. The molecule has 2 N–H and O–H groups in total. The van der Waals surface area contributed by atoms with Gasteiger partial charge in [0.05, 0.1) is 5.02 Å². The van der Waals surface area contributed by atoms with E-state index in [-0.39, 0.29) is 5.76 Å². The molecule has 118 valence electrons. The third-order valence-electron chi connectivity index (χ3n) is 2.89. The van der Waals surface area contributed by atoms with Crippen LogP contribution < -0.4 is 10.3 Å². The van der Waals surface area contributed by atoms with Gasteiger partial charge >= 0.3 is 5.91 Å². The van der Waals surface area contributed by atoms with E-state index in [1.54, 1.807) is 30.3 Å². The third kappa shape index (κ3) is 3.94. The molecule has 0 aliphatic heterocycles. The first-order valence-electron chi connectivity index (χ1n) is 6.39. The molecule has 1 heterocycles. The van der Waals surface area contributed by atoms with Crippen LogP contribution in [0.15, 0.2) is 51.8 Å². The zero-order chi connectivity index (χ0) is 16.4. The maximum Gasteiger partial charge on any atom is 0.301 e. The van der Waals surface area contributed by atoms with E-state index in [1.807, 2.05) is 12.1 Å². The summed E-state index contributed by atoms with van der Waals surface area (Å²) in [6.07, 6.45) is 0. The van der Waals surface area contributed by atoms with Crippen LogP contribution in [0.4, 0.5) is 0 Å². The quantitative estimate of drug-likeness (QED) is 0.469. The summed E-state index contributed by atoms with van der Waals surface area (Å²) in [5.74, 6) is -0.300. The van der Waals surface area contributed by atoms with Gasteiger partial charge in [-0.3, -0.25) is 10.2 Å². The number of halogens is 3. The molecule has 23 heavy (non-hydrogen) atoms. The lowest BCUT2D eigenvalue weighted by atomic mass is 10.2. The van der Waals surface area contributed by atoms with Gasteiger partial charge in [-0.2, -0.15) is 4.83 Å². The Hall–Kier alpha value is -1.37. The van der Waals surface area contributed by atoms with Gasteiger partial charge in [-0.15, -0.1) is 0 Å². The molecule has 0 atom stereocenters. The Bertz CT molecular complexity index is 882. The Balaban J connectivity index is 1.67. The van der Waals surface area contributed by atoms with Crippen LogP contribution in [-0.4, -0.2) is 5.91 Å². The van der Waals surface area contributed by atoms with E-state index in [4.69, 9.17) is 39.2 Å². The molecule has 0 aliphatic carbocycles. The van der Waals surface area contributed by atoms with Crippen molar-refractivity contribution in [3.05, 3.63) is 63.3 Å². The van der Waals surface area contributed by atoms with Crippen LogP contribution >= 0.6 is 46.8 Å². The highest BCUT2D eigenvalue weighted by atomic mass is 35.5. The summed E-state index contributed by atoms with van der Waals surface area (Å²) >= 11 is 19.1. The standard InChI is InChI=1S/C15H9Cl3N2O2S/c16-9-2-1-3-11(6-9)23-20-19-15(21)13-5-8-4-10(17)7-12(18)14(8)22-13/h1-7,20H,(H,19,21). The van der Waals surface area contributed by atoms with Crippen molar-refractivity contribution >= 4 is 63.6 Å². The summed E-state index contributed by atoms with van der Waals surface area (Å²) in [5.41, 5.74) is 2.94. The second-order valence-corrected chi connectivity index (χ2v) is 6.69. The molecule has 0 bridgehead atoms. The first-order chi connectivity index (χ1) is 11.0. The highest BCUT2D eigenvalue weighted by Crippen LogP contribution is 2.30. The molecule has 3 aromatic rings. The fourth-order valence-electron chi connectivity index (χ4n) is 1.91. The Kier molecular flexibility index (Phi) is 5.04. The molecule has 1 aromatic heterocycles. The van der Waals surface area contributed by atoms with Crippen LogP contribution in [0, 0.1) is 0 Å². The van der Waals surface area contributed by atoms with Crippen molar-refractivity contribution in [1.29, 1.82) is 0 Å². The highest BCUT2D eigenvalue weighted by Gasteiger charge is 2.14. The van der Waals surface area contributed by atoms with Crippen molar-refractivity contribution in [2.45, 2.75) is 4.90 Å². The highest BCUT2D eigenvalue weighted by molar-refractivity contribution is 7.97. The van der Waals surface area contributed by atoms with Gasteiger partial charge in [0, 0.05) is 20.3 Å². The minimum Gasteiger partial charge on any atom is -0.449 e. The normalized spacial score (nSPS) is 10.9. The zero-order valence-corrected chi connectivity index (χ0v) is 14.5.